The highest BCUT2D eigenvalue weighted by molar-refractivity contribution is 6.34. The number of urea groups is 1. The number of nitrogens with one attached hydrogen (secondary N) is 4. The lowest BCUT2D eigenvalue weighted by atomic mass is 10.2. The van der Waals surface area contributed by atoms with Crippen molar-refractivity contribution >= 4 is 40.8 Å². The summed E-state index contributed by atoms with van der Waals surface area (Å²) in [4.78, 5) is 34.1. The first kappa shape index (κ1) is 17.8. The molecule has 0 aliphatic heterocycles. The van der Waals surface area contributed by atoms with Crippen molar-refractivity contribution in [3.63, 3.8) is 0 Å². The van der Waals surface area contributed by atoms with E-state index >= 15 is 0 Å². The zero-order valence-electron chi connectivity index (χ0n) is 12.6. The second-order valence-corrected chi connectivity index (χ2v) is 5.00. The molecule has 0 heterocycles. The predicted octanol–water partition coefficient (Wildman–Crippen LogP) is 1.94. The van der Waals surface area contributed by atoms with Gasteiger partial charge in [-0.1, -0.05) is 11.6 Å². The van der Waals surface area contributed by atoms with Gasteiger partial charge in [0.1, 0.15) is 6.04 Å². The maximum atomic E-state index is 11.8. The molecule has 0 saturated carbocycles. The number of hydrogen-bond donors (Lipinski definition) is 4. The molecule has 0 aliphatic carbocycles. The summed E-state index contributed by atoms with van der Waals surface area (Å²) in [6.07, 6.45) is 0. The predicted molar refractivity (Wildman–Crippen MR) is 86.1 cm³/mol. The number of anilines is 2. The van der Waals surface area contributed by atoms with E-state index < -0.39 is 18.0 Å². The van der Waals surface area contributed by atoms with Gasteiger partial charge >= 0.3 is 6.03 Å². The molecular formula is C14H19ClN4O3. The number of imide groups is 1. The molecule has 0 spiro atoms. The normalized spacial score (nSPS) is 11.3. The fraction of sp³-hybridized carbons (Fsp3) is 0.357. The van der Waals surface area contributed by atoms with Gasteiger partial charge in [-0.25, -0.2) is 4.79 Å². The van der Waals surface area contributed by atoms with Gasteiger partial charge in [-0.15, -0.1) is 0 Å². The Balaban J connectivity index is 2.66. The van der Waals surface area contributed by atoms with E-state index in [0.717, 1.165) is 0 Å². The van der Waals surface area contributed by atoms with E-state index in [1.165, 1.54) is 6.92 Å². The van der Waals surface area contributed by atoms with Crippen LogP contribution in [0, 0.1) is 0 Å². The third-order valence-electron chi connectivity index (χ3n) is 2.63. The molecule has 0 fully saturated rings. The van der Waals surface area contributed by atoms with Gasteiger partial charge in [0.25, 0.3) is 0 Å². The molecule has 4 N–H and O–H groups in total. The number of benzene rings is 1. The maximum Gasteiger partial charge on any atom is 0.321 e. The Bertz CT molecular complexity index is 577. The molecule has 4 amide bonds. The van der Waals surface area contributed by atoms with Gasteiger partial charge in [-0.05, 0) is 32.0 Å². The lowest BCUT2D eigenvalue weighted by Crippen LogP contribution is -2.45. The van der Waals surface area contributed by atoms with Crippen molar-refractivity contribution in [2.45, 2.75) is 26.8 Å². The highest BCUT2D eigenvalue weighted by Gasteiger charge is 2.15. The van der Waals surface area contributed by atoms with Gasteiger partial charge in [-0.2, -0.15) is 0 Å². The SMILES string of the molecule is CCNC(=O)NC(=O)[C@H](C)Nc1ccc(NC(C)=O)c(Cl)c1. The average molecular weight is 327 g/mol. The number of rotatable bonds is 5. The zero-order valence-corrected chi connectivity index (χ0v) is 13.4. The van der Waals surface area contributed by atoms with Crippen LogP contribution >= 0.6 is 11.6 Å². The summed E-state index contributed by atoms with van der Waals surface area (Å²) in [7, 11) is 0. The van der Waals surface area contributed by atoms with Crippen molar-refractivity contribution in [1.82, 2.24) is 10.6 Å². The molecule has 22 heavy (non-hydrogen) atoms. The fourth-order valence-electron chi connectivity index (χ4n) is 1.64. The van der Waals surface area contributed by atoms with Crippen molar-refractivity contribution < 1.29 is 14.4 Å². The molecular weight excluding hydrogens is 308 g/mol. The largest absolute Gasteiger partial charge is 0.374 e. The summed E-state index contributed by atoms with van der Waals surface area (Å²) in [5.41, 5.74) is 1.08. The van der Waals surface area contributed by atoms with E-state index in [9.17, 15) is 14.4 Å². The summed E-state index contributed by atoms with van der Waals surface area (Å²) in [6, 6.07) is 3.71. The quantitative estimate of drug-likeness (QED) is 0.664. The van der Waals surface area contributed by atoms with Crippen molar-refractivity contribution in [2.75, 3.05) is 17.2 Å². The maximum absolute atomic E-state index is 11.8. The topological polar surface area (TPSA) is 99.3 Å². The Kier molecular flexibility index (Phi) is 6.65. The van der Waals surface area contributed by atoms with Crippen LogP contribution in [0.1, 0.15) is 20.8 Å². The molecule has 0 aliphatic rings. The van der Waals surface area contributed by atoms with Crippen molar-refractivity contribution in [1.29, 1.82) is 0 Å². The summed E-state index contributed by atoms with van der Waals surface area (Å²) in [5, 5.41) is 10.5. The van der Waals surface area contributed by atoms with Crippen LogP contribution in [0.15, 0.2) is 18.2 Å². The minimum absolute atomic E-state index is 0.225. The third kappa shape index (κ3) is 5.61. The van der Waals surface area contributed by atoms with Crippen LogP contribution in [-0.2, 0) is 9.59 Å². The minimum Gasteiger partial charge on any atom is -0.374 e. The van der Waals surface area contributed by atoms with Gasteiger partial charge < -0.3 is 16.0 Å². The molecule has 0 saturated heterocycles. The first-order valence-electron chi connectivity index (χ1n) is 6.75. The summed E-state index contributed by atoms with van der Waals surface area (Å²) in [5.74, 6) is -0.690. The number of carbonyl (C=O) groups excluding carboxylic acids is 3. The summed E-state index contributed by atoms with van der Waals surface area (Å²) < 4.78 is 0. The molecule has 1 aromatic rings. The summed E-state index contributed by atoms with van der Waals surface area (Å²) in [6.45, 7) is 5.19. The zero-order chi connectivity index (χ0) is 16.7. The lowest BCUT2D eigenvalue weighted by Gasteiger charge is -2.16. The lowest BCUT2D eigenvalue weighted by molar-refractivity contribution is -0.120. The van der Waals surface area contributed by atoms with Gasteiger partial charge in [0.2, 0.25) is 11.8 Å². The van der Waals surface area contributed by atoms with E-state index in [1.807, 2.05) is 0 Å². The molecule has 8 heteroatoms. The molecule has 1 aromatic carbocycles. The van der Waals surface area contributed by atoms with Crippen LogP contribution in [0.4, 0.5) is 16.2 Å². The van der Waals surface area contributed by atoms with Gasteiger partial charge in [0.15, 0.2) is 0 Å². The van der Waals surface area contributed by atoms with Crippen LogP contribution in [0.3, 0.4) is 0 Å². The van der Waals surface area contributed by atoms with Crippen LogP contribution < -0.4 is 21.3 Å². The third-order valence-corrected chi connectivity index (χ3v) is 2.94. The Morgan fingerprint density at radius 1 is 1.27 bits per heavy atom. The number of carbonyl (C=O) groups is 3. The number of amides is 4. The highest BCUT2D eigenvalue weighted by atomic mass is 35.5. The van der Waals surface area contributed by atoms with Gasteiger partial charge in [-0.3, -0.25) is 14.9 Å². The van der Waals surface area contributed by atoms with Crippen LogP contribution in [0.25, 0.3) is 0 Å². The fourth-order valence-corrected chi connectivity index (χ4v) is 1.86. The van der Waals surface area contributed by atoms with Crippen molar-refractivity contribution in [3.05, 3.63) is 23.2 Å². The molecule has 1 atom stereocenters. The highest BCUT2D eigenvalue weighted by Crippen LogP contribution is 2.25. The number of halogens is 1. The Morgan fingerprint density at radius 2 is 1.95 bits per heavy atom. The van der Waals surface area contributed by atoms with Crippen LogP contribution in [0.5, 0.6) is 0 Å². The molecule has 0 unspecified atom stereocenters. The summed E-state index contributed by atoms with van der Waals surface area (Å²) >= 11 is 6.04. The average Bonchev–Trinajstić information content (AvgIpc) is 2.41. The first-order valence-corrected chi connectivity index (χ1v) is 7.13. The van der Waals surface area contributed by atoms with Crippen LogP contribution in [0.2, 0.25) is 5.02 Å². The number of hydrogen-bond acceptors (Lipinski definition) is 4. The van der Waals surface area contributed by atoms with Crippen LogP contribution in [-0.4, -0.2) is 30.4 Å². The van der Waals surface area contributed by atoms with Gasteiger partial charge in [0.05, 0.1) is 10.7 Å². The second-order valence-electron chi connectivity index (χ2n) is 4.59. The molecule has 7 nitrogen and oxygen atoms in total. The van der Waals surface area contributed by atoms with E-state index in [1.54, 1.807) is 32.0 Å². The molecule has 1 rings (SSSR count). The molecule has 0 aromatic heterocycles. The Labute approximate surface area is 133 Å². The smallest absolute Gasteiger partial charge is 0.321 e. The standard InChI is InChI=1S/C14H19ClN4O3/c1-4-16-14(22)19-13(21)8(2)17-10-5-6-12(11(15)7-10)18-9(3)20/h5-8,17H,4H2,1-3H3,(H,18,20)(H2,16,19,21,22)/t8-/m0/s1. The van der Waals surface area contributed by atoms with E-state index in [4.69, 9.17) is 11.6 Å². The van der Waals surface area contributed by atoms with E-state index in [-0.39, 0.29) is 5.91 Å². The second kappa shape index (κ2) is 8.23. The molecule has 120 valence electrons. The Hall–Kier alpha value is -2.28. The Morgan fingerprint density at radius 3 is 2.50 bits per heavy atom. The monoisotopic (exact) mass is 326 g/mol. The van der Waals surface area contributed by atoms with E-state index in [0.29, 0.717) is 22.9 Å². The first-order chi connectivity index (χ1) is 10.3. The molecule has 0 bridgehead atoms. The van der Waals surface area contributed by atoms with Crippen molar-refractivity contribution in [2.24, 2.45) is 0 Å². The minimum atomic E-state index is -0.634. The van der Waals surface area contributed by atoms with Crippen molar-refractivity contribution in [3.8, 4) is 0 Å². The van der Waals surface area contributed by atoms with Gasteiger partial charge in [0, 0.05) is 19.2 Å². The van der Waals surface area contributed by atoms with E-state index in [2.05, 4.69) is 21.3 Å². The molecule has 0 radical (unpaired) electrons.